The molecule has 2 aromatic rings. The van der Waals surface area contributed by atoms with Gasteiger partial charge in [0, 0.05) is 0 Å². The van der Waals surface area contributed by atoms with E-state index in [0.717, 1.165) is 17.5 Å². The molecule has 0 unspecified atom stereocenters. The number of hydrogen-bond donors (Lipinski definition) is 2. The number of rotatable bonds is 10. The van der Waals surface area contributed by atoms with Gasteiger partial charge in [-0.15, -0.1) is 0 Å². The molecule has 0 amide bonds. The molecule has 0 heterocycles. The molecular weight excluding hydrogens is 326 g/mol. The molecule has 2 aromatic carbocycles. The second-order valence-electron chi connectivity index (χ2n) is 6.98. The van der Waals surface area contributed by atoms with E-state index in [4.69, 9.17) is 15.2 Å². The lowest BCUT2D eigenvalue weighted by atomic mass is 9.96. The van der Waals surface area contributed by atoms with Gasteiger partial charge in [0.05, 0.1) is 18.8 Å². The lowest BCUT2D eigenvalue weighted by molar-refractivity contribution is 0.128. The van der Waals surface area contributed by atoms with Crippen molar-refractivity contribution in [1.29, 1.82) is 0 Å². The van der Waals surface area contributed by atoms with E-state index < -0.39 is 12.1 Å². The van der Waals surface area contributed by atoms with Crippen LogP contribution in [0, 0.1) is 5.92 Å². The van der Waals surface area contributed by atoms with Gasteiger partial charge in [-0.05, 0) is 48.9 Å². The van der Waals surface area contributed by atoms with Crippen LogP contribution in [0.2, 0.25) is 0 Å². The normalized spacial score (nSPS) is 13.5. The number of aliphatic hydroxyl groups excluding tert-OH is 1. The summed E-state index contributed by atoms with van der Waals surface area (Å²) in [7, 11) is 0. The lowest BCUT2D eigenvalue weighted by Crippen LogP contribution is -2.26. The summed E-state index contributed by atoms with van der Waals surface area (Å²) in [4.78, 5) is 0. The van der Waals surface area contributed by atoms with Crippen LogP contribution in [0.3, 0.4) is 0 Å². The minimum atomic E-state index is -0.567. The molecule has 4 heteroatoms. The predicted octanol–water partition coefficient (Wildman–Crippen LogP) is 4.46. The van der Waals surface area contributed by atoms with Crippen LogP contribution in [-0.2, 0) is 6.61 Å². The number of benzene rings is 2. The van der Waals surface area contributed by atoms with E-state index in [1.165, 1.54) is 0 Å². The Morgan fingerprint density at radius 2 is 1.69 bits per heavy atom. The van der Waals surface area contributed by atoms with E-state index in [-0.39, 0.29) is 0 Å². The SMILES string of the molecule is CCOc1cc([C@@H](N)[C@@H](O)CCC(C)C)ccc1OCc1ccccc1. The largest absolute Gasteiger partial charge is 0.490 e. The maximum Gasteiger partial charge on any atom is 0.161 e. The first-order valence-electron chi connectivity index (χ1n) is 9.38. The summed E-state index contributed by atoms with van der Waals surface area (Å²) in [6, 6.07) is 15.2. The summed E-state index contributed by atoms with van der Waals surface area (Å²) in [6.07, 6.45) is 1.07. The summed E-state index contributed by atoms with van der Waals surface area (Å²) >= 11 is 0. The fourth-order valence-corrected chi connectivity index (χ4v) is 2.76. The highest BCUT2D eigenvalue weighted by molar-refractivity contribution is 5.44. The summed E-state index contributed by atoms with van der Waals surface area (Å²) in [5.74, 6) is 1.89. The van der Waals surface area contributed by atoms with Crippen molar-refractivity contribution in [3.05, 3.63) is 59.7 Å². The van der Waals surface area contributed by atoms with Crippen molar-refractivity contribution in [1.82, 2.24) is 0 Å². The number of aliphatic hydroxyl groups is 1. The molecule has 0 bridgehead atoms. The van der Waals surface area contributed by atoms with Gasteiger partial charge in [0.15, 0.2) is 11.5 Å². The third-order valence-corrected chi connectivity index (χ3v) is 4.34. The zero-order chi connectivity index (χ0) is 18.9. The van der Waals surface area contributed by atoms with Crippen LogP contribution in [0.4, 0.5) is 0 Å². The van der Waals surface area contributed by atoms with Crippen LogP contribution < -0.4 is 15.2 Å². The Kier molecular flexibility index (Phi) is 7.95. The molecule has 0 fully saturated rings. The molecule has 0 aliphatic rings. The van der Waals surface area contributed by atoms with E-state index in [1.54, 1.807) is 0 Å². The van der Waals surface area contributed by atoms with Crippen molar-refractivity contribution in [2.24, 2.45) is 11.7 Å². The van der Waals surface area contributed by atoms with E-state index in [2.05, 4.69) is 13.8 Å². The quantitative estimate of drug-likeness (QED) is 0.659. The van der Waals surface area contributed by atoms with Gasteiger partial charge in [-0.2, -0.15) is 0 Å². The van der Waals surface area contributed by atoms with E-state index in [9.17, 15) is 5.11 Å². The van der Waals surface area contributed by atoms with Gasteiger partial charge < -0.3 is 20.3 Å². The molecule has 2 rings (SSSR count). The molecule has 2 atom stereocenters. The average Bonchev–Trinajstić information content (AvgIpc) is 2.65. The number of ether oxygens (including phenoxy) is 2. The first-order chi connectivity index (χ1) is 12.5. The van der Waals surface area contributed by atoms with Crippen LogP contribution >= 0.6 is 0 Å². The zero-order valence-electron chi connectivity index (χ0n) is 16.0. The summed E-state index contributed by atoms with van der Waals surface area (Å²) < 4.78 is 11.7. The van der Waals surface area contributed by atoms with Crippen LogP contribution in [0.1, 0.15) is 50.8 Å². The number of hydrogen-bond acceptors (Lipinski definition) is 4. The standard InChI is InChI=1S/C22H31NO3/c1-4-25-21-14-18(22(23)19(24)12-10-16(2)3)11-13-20(21)26-15-17-8-6-5-7-9-17/h5-9,11,13-14,16,19,22,24H,4,10,12,15,23H2,1-3H3/t19-,22+/m0/s1. The highest BCUT2D eigenvalue weighted by Gasteiger charge is 2.19. The van der Waals surface area contributed by atoms with Crippen molar-refractivity contribution in [2.75, 3.05) is 6.61 Å². The van der Waals surface area contributed by atoms with E-state index >= 15 is 0 Å². The van der Waals surface area contributed by atoms with Crippen LogP contribution in [-0.4, -0.2) is 17.8 Å². The van der Waals surface area contributed by atoms with Gasteiger partial charge >= 0.3 is 0 Å². The molecule has 4 nitrogen and oxygen atoms in total. The highest BCUT2D eigenvalue weighted by Crippen LogP contribution is 2.32. The topological polar surface area (TPSA) is 64.7 Å². The van der Waals surface area contributed by atoms with Gasteiger partial charge in [0.2, 0.25) is 0 Å². The molecule has 0 aromatic heterocycles. The van der Waals surface area contributed by atoms with Gasteiger partial charge in [0.25, 0.3) is 0 Å². The van der Waals surface area contributed by atoms with Crippen LogP contribution in [0.25, 0.3) is 0 Å². The first kappa shape index (κ1) is 20.3. The van der Waals surface area contributed by atoms with Gasteiger partial charge in [0.1, 0.15) is 6.61 Å². The molecule has 0 saturated carbocycles. The third kappa shape index (κ3) is 6.04. The van der Waals surface area contributed by atoms with Crippen molar-refractivity contribution < 1.29 is 14.6 Å². The Morgan fingerprint density at radius 1 is 0.962 bits per heavy atom. The van der Waals surface area contributed by atoms with Gasteiger partial charge in [-0.25, -0.2) is 0 Å². The molecule has 0 saturated heterocycles. The fourth-order valence-electron chi connectivity index (χ4n) is 2.76. The maximum absolute atomic E-state index is 10.4. The maximum atomic E-state index is 10.4. The second-order valence-corrected chi connectivity index (χ2v) is 6.98. The molecule has 26 heavy (non-hydrogen) atoms. The Balaban J connectivity index is 2.09. The minimum absolute atomic E-state index is 0.434. The first-order valence-corrected chi connectivity index (χ1v) is 9.38. The molecule has 142 valence electrons. The third-order valence-electron chi connectivity index (χ3n) is 4.34. The van der Waals surface area contributed by atoms with E-state index in [0.29, 0.717) is 37.1 Å². The van der Waals surface area contributed by atoms with Gasteiger partial charge in [-0.3, -0.25) is 0 Å². The van der Waals surface area contributed by atoms with Crippen molar-refractivity contribution >= 4 is 0 Å². The highest BCUT2D eigenvalue weighted by atomic mass is 16.5. The molecule has 3 N–H and O–H groups in total. The second kappa shape index (κ2) is 10.2. The molecule has 0 aliphatic carbocycles. The van der Waals surface area contributed by atoms with Crippen LogP contribution in [0.15, 0.2) is 48.5 Å². The summed E-state index contributed by atoms with van der Waals surface area (Å²) in [5.41, 5.74) is 8.21. The molecule has 0 spiro atoms. The average molecular weight is 357 g/mol. The Hall–Kier alpha value is -2.04. The molecule has 0 radical (unpaired) electrons. The van der Waals surface area contributed by atoms with Crippen LogP contribution in [0.5, 0.6) is 11.5 Å². The van der Waals surface area contributed by atoms with Crippen molar-refractivity contribution in [3.63, 3.8) is 0 Å². The minimum Gasteiger partial charge on any atom is -0.490 e. The predicted molar refractivity (Wildman–Crippen MR) is 105 cm³/mol. The summed E-state index contributed by atoms with van der Waals surface area (Å²) in [6.45, 7) is 7.24. The smallest absolute Gasteiger partial charge is 0.161 e. The monoisotopic (exact) mass is 357 g/mol. The Labute approximate surface area is 156 Å². The zero-order valence-corrected chi connectivity index (χ0v) is 16.0. The molecule has 0 aliphatic heterocycles. The fraction of sp³-hybridized carbons (Fsp3) is 0.455. The Bertz CT molecular complexity index is 658. The van der Waals surface area contributed by atoms with Crippen molar-refractivity contribution in [2.45, 2.75) is 52.4 Å². The lowest BCUT2D eigenvalue weighted by Gasteiger charge is -2.21. The van der Waals surface area contributed by atoms with Gasteiger partial charge in [-0.1, -0.05) is 50.2 Å². The molecular formula is C22H31NO3. The Morgan fingerprint density at radius 3 is 2.35 bits per heavy atom. The summed E-state index contributed by atoms with van der Waals surface area (Å²) in [5, 5.41) is 10.4. The number of nitrogens with two attached hydrogens (primary N) is 1. The van der Waals surface area contributed by atoms with E-state index in [1.807, 2.05) is 55.5 Å². The van der Waals surface area contributed by atoms with Crippen molar-refractivity contribution in [3.8, 4) is 11.5 Å².